The Morgan fingerprint density at radius 1 is 1.27 bits per heavy atom. The molecule has 0 atom stereocenters. The minimum absolute atomic E-state index is 0.153. The Hall–Kier alpha value is -0.600. The molecular weight excluding hydrogens is 215 g/mol. The summed E-state index contributed by atoms with van der Waals surface area (Å²) in [6.45, 7) is 1.34. The Labute approximate surface area is 94.2 Å². The maximum Gasteiger partial charge on any atom is 0.127 e. The molecule has 1 aromatic carbocycles. The topological polar surface area (TPSA) is 9.23 Å². The normalized spacial score (nSPS) is 20.1. The van der Waals surface area contributed by atoms with Crippen molar-refractivity contribution in [1.82, 2.24) is 0 Å². The van der Waals surface area contributed by atoms with Crippen molar-refractivity contribution in [2.24, 2.45) is 0 Å². The first-order chi connectivity index (χ1) is 7.28. The van der Waals surface area contributed by atoms with Crippen molar-refractivity contribution in [1.29, 1.82) is 0 Å². The lowest BCUT2D eigenvalue weighted by Crippen LogP contribution is -2.36. The minimum Gasteiger partial charge on any atom is -0.381 e. The third-order valence-electron chi connectivity index (χ3n) is 3.15. The molecule has 0 unspecified atom stereocenters. The van der Waals surface area contributed by atoms with E-state index >= 15 is 0 Å². The van der Waals surface area contributed by atoms with Gasteiger partial charge in [0.05, 0.1) is 0 Å². The van der Waals surface area contributed by atoms with Gasteiger partial charge in [-0.15, -0.1) is 11.6 Å². The average Bonchev–Trinajstić information content (AvgIpc) is 2.30. The SMILES string of the molecule is Fc1ccccc1C1(CCl)CCOCC1. The molecule has 1 fully saturated rings. The van der Waals surface area contributed by atoms with E-state index in [1.54, 1.807) is 6.07 Å². The van der Waals surface area contributed by atoms with Gasteiger partial charge < -0.3 is 4.74 Å². The van der Waals surface area contributed by atoms with Crippen LogP contribution in [0.15, 0.2) is 24.3 Å². The first-order valence-corrected chi connectivity index (χ1v) is 5.71. The molecule has 1 aliphatic rings. The lowest BCUT2D eigenvalue weighted by molar-refractivity contribution is 0.0564. The quantitative estimate of drug-likeness (QED) is 0.707. The third-order valence-corrected chi connectivity index (χ3v) is 3.66. The van der Waals surface area contributed by atoms with Crippen LogP contribution in [0.5, 0.6) is 0 Å². The van der Waals surface area contributed by atoms with E-state index < -0.39 is 0 Å². The van der Waals surface area contributed by atoms with Crippen LogP contribution in [-0.4, -0.2) is 19.1 Å². The van der Waals surface area contributed by atoms with Gasteiger partial charge in [-0.25, -0.2) is 4.39 Å². The summed E-state index contributed by atoms with van der Waals surface area (Å²) >= 11 is 6.02. The molecule has 0 amide bonds. The molecule has 0 saturated carbocycles. The molecule has 1 aliphatic heterocycles. The van der Waals surface area contributed by atoms with Crippen molar-refractivity contribution in [2.75, 3.05) is 19.1 Å². The summed E-state index contributed by atoms with van der Waals surface area (Å²) in [7, 11) is 0. The molecule has 82 valence electrons. The van der Waals surface area contributed by atoms with Gasteiger partial charge in [-0.2, -0.15) is 0 Å². The van der Waals surface area contributed by atoms with Crippen LogP contribution < -0.4 is 0 Å². The molecule has 1 nitrogen and oxygen atoms in total. The standard InChI is InChI=1S/C12H14ClFO/c13-9-12(5-7-15-8-6-12)10-3-1-2-4-11(10)14/h1-4H,5-9H2. The lowest BCUT2D eigenvalue weighted by Gasteiger charge is -2.36. The zero-order chi connectivity index (χ0) is 10.7. The summed E-state index contributed by atoms with van der Waals surface area (Å²) in [4.78, 5) is 0. The van der Waals surface area contributed by atoms with Crippen LogP contribution in [0.4, 0.5) is 4.39 Å². The summed E-state index contributed by atoms with van der Waals surface area (Å²) in [5, 5.41) is 0. The second-order valence-electron chi connectivity index (χ2n) is 4.01. The third kappa shape index (κ3) is 2.01. The molecule has 0 N–H and O–H groups in total. The van der Waals surface area contributed by atoms with E-state index in [4.69, 9.17) is 16.3 Å². The van der Waals surface area contributed by atoms with Gasteiger partial charge in [-0.3, -0.25) is 0 Å². The Morgan fingerprint density at radius 3 is 2.53 bits per heavy atom. The van der Waals surface area contributed by atoms with Gasteiger partial charge in [-0.05, 0) is 24.5 Å². The highest BCUT2D eigenvalue weighted by Gasteiger charge is 2.35. The molecule has 15 heavy (non-hydrogen) atoms. The highest BCUT2D eigenvalue weighted by Crippen LogP contribution is 2.37. The van der Waals surface area contributed by atoms with E-state index in [2.05, 4.69) is 0 Å². The Balaban J connectivity index is 2.36. The number of benzene rings is 1. The van der Waals surface area contributed by atoms with Crippen LogP contribution in [0.25, 0.3) is 0 Å². The van der Waals surface area contributed by atoms with Gasteiger partial charge in [0.2, 0.25) is 0 Å². The number of rotatable bonds is 2. The fraction of sp³-hybridized carbons (Fsp3) is 0.500. The fourth-order valence-corrected chi connectivity index (χ4v) is 2.54. The van der Waals surface area contributed by atoms with Gasteiger partial charge in [-0.1, -0.05) is 18.2 Å². The molecule has 0 spiro atoms. The molecule has 0 aromatic heterocycles. The van der Waals surface area contributed by atoms with E-state index in [0.29, 0.717) is 19.1 Å². The molecule has 1 saturated heterocycles. The molecule has 3 heteroatoms. The van der Waals surface area contributed by atoms with Gasteiger partial charge in [0.15, 0.2) is 0 Å². The van der Waals surface area contributed by atoms with E-state index in [1.807, 2.05) is 12.1 Å². The maximum atomic E-state index is 13.7. The summed E-state index contributed by atoms with van der Waals surface area (Å²) in [5.41, 5.74) is 0.508. The molecular formula is C12H14ClFO. The van der Waals surface area contributed by atoms with Crippen molar-refractivity contribution in [2.45, 2.75) is 18.3 Å². The molecule has 0 bridgehead atoms. The summed E-state index contributed by atoms with van der Waals surface area (Å²) in [6, 6.07) is 6.91. The Kier molecular flexibility index (Phi) is 3.27. The predicted octanol–water partition coefficient (Wildman–Crippen LogP) is 3.11. The molecule has 1 heterocycles. The minimum atomic E-state index is -0.231. The Morgan fingerprint density at radius 2 is 1.93 bits per heavy atom. The number of ether oxygens (including phenoxy) is 1. The molecule has 0 radical (unpaired) electrons. The van der Waals surface area contributed by atoms with Crippen LogP contribution in [0.1, 0.15) is 18.4 Å². The number of halogens is 2. The van der Waals surface area contributed by atoms with Crippen LogP contribution in [-0.2, 0) is 10.2 Å². The van der Waals surface area contributed by atoms with Crippen LogP contribution in [0.3, 0.4) is 0 Å². The van der Waals surface area contributed by atoms with Crippen molar-refractivity contribution < 1.29 is 9.13 Å². The van der Waals surface area contributed by atoms with Crippen molar-refractivity contribution in [3.05, 3.63) is 35.6 Å². The first-order valence-electron chi connectivity index (χ1n) is 5.17. The van der Waals surface area contributed by atoms with Crippen LogP contribution in [0.2, 0.25) is 0 Å². The Bertz CT molecular complexity index is 334. The average molecular weight is 229 g/mol. The monoisotopic (exact) mass is 228 g/mol. The summed E-state index contributed by atoms with van der Waals surface area (Å²) in [5.74, 6) is 0.303. The van der Waals surface area contributed by atoms with Crippen LogP contribution in [0, 0.1) is 5.82 Å². The molecule has 2 rings (SSSR count). The van der Waals surface area contributed by atoms with Gasteiger partial charge in [0.1, 0.15) is 5.82 Å². The largest absolute Gasteiger partial charge is 0.381 e. The number of hydrogen-bond acceptors (Lipinski definition) is 1. The molecule has 0 aliphatic carbocycles. The predicted molar refractivity (Wildman–Crippen MR) is 58.9 cm³/mol. The number of alkyl halides is 1. The number of hydrogen-bond donors (Lipinski definition) is 0. The summed E-state index contributed by atoms with van der Waals surface area (Å²) in [6.07, 6.45) is 1.61. The summed E-state index contributed by atoms with van der Waals surface area (Å²) < 4.78 is 19.0. The lowest BCUT2D eigenvalue weighted by atomic mass is 9.75. The smallest absolute Gasteiger partial charge is 0.127 e. The van der Waals surface area contributed by atoms with Gasteiger partial charge in [0, 0.05) is 24.5 Å². The maximum absolute atomic E-state index is 13.7. The highest BCUT2D eigenvalue weighted by molar-refractivity contribution is 6.18. The fourth-order valence-electron chi connectivity index (χ4n) is 2.13. The van der Waals surface area contributed by atoms with Crippen molar-refractivity contribution >= 4 is 11.6 Å². The van der Waals surface area contributed by atoms with E-state index in [1.165, 1.54) is 6.07 Å². The first kappa shape index (κ1) is 10.9. The van der Waals surface area contributed by atoms with E-state index in [-0.39, 0.29) is 11.2 Å². The zero-order valence-corrected chi connectivity index (χ0v) is 9.27. The zero-order valence-electron chi connectivity index (χ0n) is 8.51. The second kappa shape index (κ2) is 4.50. The highest BCUT2D eigenvalue weighted by atomic mass is 35.5. The molecule has 1 aromatic rings. The van der Waals surface area contributed by atoms with Gasteiger partial charge >= 0.3 is 0 Å². The van der Waals surface area contributed by atoms with Crippen LogP contribution >= 0.6 is 11.6 Å². The van der Waals surface area contributed by atoms with E-state index in [0.717, 1.165) is 18.4 Å². The van der Waals surface area contributed by atoms with Crippen molar-refractivity contribution in [3.63, 3.8) is 0 Å². The van der Waals surface area contributed by atoms with Gasteiger partial charge in [0.25, 0.3) is 0 Å². The second-order valence-corrected chi connectivity index (χ2v) is 4.27. The van der Waals surface area contributed by atoms with Crippen molar-refractivity contribution in [3.8, 4) is 0 Å². The van der Waals surface area contributed by atoms with E-state index in [9.17, 15) is 4.39 Å².